The van der Waals surface area contributed by atoms with Crippen molar-refractivity contribution in [3.05, 3.63) is 0 Å². The summed E-state index contributed by atoms with van der Waals surface area (Å²) in [5, 5.41) is 0. The van der Waals surface area contributed by atoms with E-state index in [0.717, 1.165) is 0 Å². The molecule has 0 radical (unpaired) electrons. The third-order valence-corrected chi connectivity index (χ3v) is 7.67. The Morgan fingerprint density at radius 1 is 0.474 bits per heavy atom. The fourth-order valence-electron chi connectivity index (χ4n) is 1.98. The van der Waals surface area contributed by atoms with Crippen LogP contribution in [0, 0.1) is 0 Å². The summed E-state index contributed by atoms with van der Waals surface area (Å²) in [6.07, 6.45) is 17.1. The molecule has 0 aromatic carbocycles. The molecule has 0 aromatic rings. The molecule has 19 heavy (non-hydrogen) atoms. The van der Waals surface area contributed by atoms with Gasteiger partial charge in [0.15, 0.2) is 0 Å². The van der Waals surface area contributed by atoms with Crippen LogP contribution in [-0.2, 0) is 0 Å². The second kappa shape index (κ2) is 19.1. The van der Waals surface area contributed by atoms with E-state index in [1.807, 2.05) is 9.83 Å². The zero-order chi connectivity index (χ0) is 14.0. The molecule has 0 aliphatic rings. The standard InChI is InChI=1S/C16H34S3/c1-3-5-7-9-11-13-15-17-19-18-16-14-12-10-8-6-4-2/h3-16H2,1-2H3. The van der Waals surface area contributed by atoms with Gasteiger partial charge in [0.25, 0.3) is 0 Å². The summed E-state index contributed by atoms with van der Waals surface area (Å²) < 4.78 is 0. The van der Waals surface area contributed by atoms with E-state index in [1.54, 1.807) is 0 Å². The molecule has 0 aliphatic heterocycles. The van der Waals surface area contributed by atoms with Crippen LogP contribution in [0.15, 0.2) is 0 Å². The zero-order valence-corrected chi connectivity index (χ0v) is 15.6. The van der Waals surface area contributed by atoms with Gasteiger partial charge in [-0.1, -0.05) is 99.6 Å². The Labute approximate surface area is 133 Å². The van der Waals surface area contributed by atoms with Crippen LogP contribution >= 0.6 is 31.4 Å². The third-order valence-electron chi connectivity index (χ3n) is 3.26. The van der Waals surface area contributed by atoms with E-state index in [4.69, 9.17) is 0 Å². The van der Waals surface area contributed by atoms with Crippen molar-refractivity contribution < 1.29 is 0 Å². The quantitative estimate of drug-likeness (QED) is 0.211. The van der Waals surface area contributed by atoms with Gasteiger partial charge in [-0.25, -0.2) is 0 Å². The monoisotopic (exact) mass is 322 g/mol. The molecule has 0 nitrogen and oxygen atoms in total. The molecule has 116 valence electrons. The lowest BCUT2D eigenvalue weighted by atomic mass is 10.1. The molecule has 0 unspecified atom stereocenters. The largest absolute Gasteiger partial charge is 0.0826 e. The summed E-state index contributed by atoms with van der Waals surface area (Å²) in [6, 6.07) is 0. The van der Waals surface area contributed by atoms with E-state index in [2.05, 4.69) is 35.4 Å². The highest BCUT2D eigenvalue weighted by Crippen LogP contribution is 2.35. The minimum Gasteiger partial charge on any atom is -0.0826 e. The van der Waals surface area contributed by atoms with Crippen LogP contribution in [0.25, 0.3) is 0 Å². The summed E-state index contributed by atoms with van der Waals surface area (Å²) in [5.41, 5.74) is 0. The van der Waals surface area contributed by atoms with Crippen molar-refractivity contribution in [1.29, 1.82) is 0 Å². The van der Waals surface area contributed by atoms with Crippen molar-refractivity contribution in [1.82, 2.24) is 0 Å². The third kappa shape index (κ3) is 19.0. The van der Waals surface area contributed by atoms with Gasteiger partial charge in [0.1, 0.15) is 0 Å². The van der Waals surface area contributed by atoms with E-state index in [9.17, 15) is 0 Å². The lowest BCUT2D eigenvalue weighted by molar-refractivity contribution is 0.627. The second-order valence-corrected chi connectivity index (χ2v) is 9.72. The second-order valence-electron chi connectivity index (χ2n) is 5.25. The van der Waals surface area contributed by atoms with Crippen molar-refractivity contribution in [2.24, 2.45) is 0 Å². The molecular formula is C16H34S3. The molecule has 0 fully saturated rings. The highest BCUT2D eigenvalue weighted by atomic mass is 33.5. The molecule has 0 bridgehead atoms. The van der Waals surface area contributed by atoms with E-state index < -0.39 is 0 Å². The Kier molecular flexibility index (Phi) is 20.1. The van der Waals surface area contributed by atoms with Crippen molar-refractivity contribution in [2.75, 3.05) is 11.5 Å². The fraction of sp³-hybridized carbons (Fsp3) is 1.00. The Morgan fingerprint density at radius 3 is 1.26 bits per heavy atom. The maximum Gasteiger partial charge on any atom is 0.00451 e. The van der Waals surface area contributed by atoms with Crippen molar-refractivity contribution in [3.63, 3.8) is 0 Å². The van der Waals surface area contributed by atoms with Crippen molar-refractivity contribution in [2.45, 2.75) is 90.9 Å². The molecule has 0 saturated heterocycles. The van der Waals surface area contributed by atoms with Crippen LogP contribution in [0.1, 0.15) is 90.9 Å². The SMILES string of the molecule is CCCCCCCCSSSCCCCCCCC. The van der Waals surface area contributed by atoms with Crippen LogP contribution in [0.5, 0.6) is 0 Å². The van der Waals surface area contributed by atoms with Crippen LogP contribution < -0.4 is 0 Å². The first-order chi connectivity index (χ1) is 9.41. The van der Waals surface area contributed by atoms with Crippen LogP contribution in [0.2, 0.25) is 0 Å². The van der Waals surface area contributed by atoms with Gasteiger partial charge >= 0.3 is 0 Å². The van der Waals surface area contributed by atoms with Gasteiger partial charge in [-0.2, -0.15) is 0 Å². The van der Waals surface area contributed by atoms with E-state index in [1.165, 1.54) is 88.6 Å². The summed E-state index contributed by atoms with van der Waals surface area (Å²) in [4.78, 5) is 0. The predicted molar refractivity (Wildman–Crippen MR) is 99.3 cm³/mol. The first kappa shape index (κ1) is 20.1. The fourth-order valence-corrected chi connectivity index (χ4v) is 5.99. The van der Waals surface area contributed by atoms with Gasteiger partial charge in [-0.15, -0.1) is 0 Å². The molecule has 0 aromatic heterocycles. The first-order valence-corrected chi connectivity index (χ1v) is 12.1. The minimum absolute atomic E-state index is 1.35. The van der Waals surface area contributed by atoms with Crippen LogP contribution in [0.3, 0.4) is 0 Å². The lowest BCUT2D eigenvalue weighted by Gasteiger charge is -2.02. The predicted octanol–water partition coefficient (Wildman–Crippen LogP) is 7.74. The van der Waals surface area contributed by atoms with Gasteiger partial charge in [0, 0.05) is 11.5 Å². The van der Waals surface area contributed by atoms with E-state index in [-0.39, 0.29) is 0 Å². The Morgan fingerprint density at radius 2 is 0.842 bits per heavy atom. The topological polar surface area (TPSA) is 0 Å². The molecule has 3 heteroatoms. The van der Waals surface area contributed by atoms with E-state index in [0.29, 0.717) is 0 Å². The summed E-state index contributed by atoms with van der Waals surface area (Å²) in [5.74, 6) is 2.70. The Hall–Kier alpha value is 1.05. The van der Waals surface area contributed by atoms with Gasteiger partial charge in [-0.3, -0.25) is 0 Å². The molecule has 0 N–H and O–H groups in total. The van der Waals surface area contributed by atoms with Gasteiger partial charge < -0.3 is 0 Å². The lowest BCUT2D eigenvalue weighted by Crippen LogP contribution is -1.81. The van der Waals surface area contributed by atoms with Crippen molar-refractivity contribution >= 4 is 31.4 Å². The Balaban J connectivity index is 2.88. The number of hydrogen-bond donors (Lipinski definition) is 0. The summed E-state index contributed by atoms with van der Waals surface area (Å²) >= 11 is 0. The molecule has 0 spiro atoms. The molecule has 0 amide bonds. The zero-order valence-electron chi connectivity index (χ0n) is 13.1. The molecule has 0 atom stereocenters. The molecule has 0 rings (SSSR count). The van der Waals surface area contributed by atoms with E-state index >= 15 is 0 Å². The highest BCUT2D eigenvalue weighted by molar-refractivity contribution is 9.09. The minimum atomic E-state index is 1.35. The number of unbranched alkanes of at least 4 members (excludes halogenated alkanes) is 10. The normalized spacial score (nSPS) is 11.1. The smallest absolute Gasteiger partial charge is 0.00451 e. The van der Waals surface area contributed by atoms with Gasteiger partial charge in [-0.05, 0) is 22.7 Å². The maximum absolute atomic E-state index is 2.29. The average Bonchev–Trinajstić information content (AvgIpc) is 2.43. The van der Waals surface area contributed by atoms with Gasteiger partial charge in [0.2, 0.25) is 0 Å². The highest BCUT2D eigenvalue weighted by Gasteiger charge is 1.94. The van der Waals surface area contributed by atoms with Crippen LogP contribution in [-0.4, -0.2) is 11.5 Å². The van der Waals surface area contributed by atoms with Crippen molar-refractivity contribution in [3.8, 4) is 0 Å². The molecule has 0 heterocycles. The molecule has 0 aliphatic carbocycles. The molecular weight excluding hydrogens is 288 g/mol. The summed E-state index contributed by atoms with van der Waals surface area (Å²) in [7, 11) is 6.16. The number of hydrogen-bond acceptors (Lipinski definition) is 3. The van der Waals surface area contributed by atoms with Gasteiger partial charge in [0.05, 0.1) is 0 Å². The Bertz CT molecular complexity index is 135. The maximum atomic E-state index is 2.29. The first-order valence-electron chi connectivity index (χ1n) is 8.32. The average molecular weight is 323 g/mol. The summed E-state index contributed by atoms with van der Waals surface area (Å²) in [6.45, 7) is 4.57. The van der Waals surface area contributed by atoms with Crippen LogP contribution in [0.4, 0.5) is 0 Å². The molecule has 0 saturated carbocycles. The number of rotatable bonds is 16.